The number of aromatic nitrogens is 4. The van der Waals surface area contributed by atoms with Crippen LogP contribution >= 0.6 is 0 Å². The molecular formula is C39H42F3N7O4. The fraction of sp³-hybridized carbons (Fsp3) is 0.436. The maximum atomic E-state index is 17.5. The van der Waals surface area contributed by atoms with Gasteiger partial charge in [0.05, 0.1) is 18.1 Å². The molecule has 0 radical (unpaired) electrons. The molecule has 278 valence electrons. The summed E-state index contributed by atoms with van der Waals surface area (Å²) in [7, 11) is 1.50. The molecule has 5 aromatic rings. The van der Waals surface area contributed by atoms with Gasteiger partial charge in [-0.1, -0.05) is 19.1 Å². The Morgan fingerprint density at radius 2 is 1.94 bits per heavy atom. The lowest BCUT2D eigenvalue weighted by Gasteiger charge is -2.32. The fourth-order valence-electron chi connectivity index (χ4n) is 8.40. The van der Waals surface area contributed by atoms with Crippen molar-refractivity contribution in [3.8, 4) is 28.9 Å². The summed E-state index contributed by atoms with van der Waals surface area (Å²) in [6.45, 7) is 7.25. The van der Waals surface area contributed by atoms with Crippen LogP contribution in [0.15, 0.2) is 42.6 Å². The zero-order chi connectivity index (χ0) is 37.0. The Balaban J connectivity index is 1.36. The van der Waals surface area contributed by atoms with Crippen molar-refractivity contribution in [3.05, 3.63) is 65.4 Å². The summed E-state index contributed by atoms with van der Waals surface area (Å²) < 4.78 is 71.4. The van der Waals surface area contributed by atoms with Gasteiger partial charge in [0.2, 0.25) is 5.88 Å². The molecule has 1 unspecified atom stereocenters. The Hall–Kier alpha value is -4.95. The minimum absolute atomic E-state index is 0.0545. The van der Waals surface area contributed by atoms with E-state index in [0.717, 1.165) is 24.9 Å². The molecule has 0 bridgehead atoms. The molecule has 4 atom stereocenters. The number of aryl methyl sites for hydroxylation is 1. The fourth-order valence-corrected chi connectivity index (χ4v) is 8.40. The number of alkyl halides is 1. The maximum Gasteiger partial charge on any atom is 0.319 e. The third-order valence-corrected chi connectivity index (χ3v) is 10.9. The van der Waals surface area contributed by atoms with E-state index in [4.69, 9.17) is 34.6 Å². The van der Waals surface area contributed by atoms with Gasteiger partial charge in [-0.15, -0.1) is 0 Å². The number of fused-ring (bicyclic) bond motifs is 2. The predicted octanol–water partition coefficient (Wildman–Crippen LogP) is 6.95. The second kappa shape index (κ2) is 13.8. The second-order valence-electron chi connectivity index (χ2n) is 14.2. The lowest BCUT2D eigenvalue weighted by molar-refractivity contribution is 0.0512. The summed E-state index contributed by atoms with van der Waals surface area (Å²) in [6.07, 6.45) is 2.62. The van der Waals surface area contributed by atoms with Gasteiger partial charge in [0.1, 0.15) is 58.7 Å². The van der Waals surface area contributed by atoms with Crippen molar-refractivity contribution in [2.75, 3.05) is 50.8 Å². The molecule has 2 fully saturated rings. The van der Waals surface area contributed by atoms with E-state index in [1.54, 1.807) is 30.5 Å². The summed E-state index contributed by atoms with van der Waals surface area (Å²) in [6, 6.07) is 9.66. The van der Waals surface area contributed by atoms with Crippen LogP contribution in [0.5, 0.6) is 17.6 Å². The molecule has 0 spiro atoms. The van der Waals surface area contributed by atoms with Crippen LogP contribution in [0.25, 0.3) is 32.9 Å². The standard InChI is InChI=1S/C39H42F3N7O4/c1-5-26-29(41)10-9-23-14-25(52-20-50-4)15-28(30(23)26)33-32(42)34-31-36(47-38(46-34)51-19-39-11-7-13-48(39)18-24(40)16-39)49(17-21(2)53-37(31)45-33)22(3)27-8-6-12-44-35(27)43/h6,8-10,12,14-15,21-22,24H,5,7,11,13,16-20H2,1-4H3,(H2,43,44)/t21-,22?,24+,39-/m0/s1. The van der Waals surface area contributed by atoms with Crippen LogP contribution in [-0.4, -0.2) is 82.8 Å². The second-order valence-corrected chi connectivity index (χ2v) is 14.2. The first kappa shape index (κ1) is 35.1. The number of halogens is 3. The van der Waals surface area contributed by atoms with Crippen LogP contribution in [-0.2, 0) is 11.2 Å². The molecule has 2 aromatic carbocycles. The molecule has 11 nitrogen and oxygen atoms in total. The number of hydrogen-bond acceptors (Lipinski definition) is 11. The van der Waals surface area contributed by atoms with Gasteiger partial charge in [-0.2, -0.15) is 9.97 Å². The van der Waals surface area contributed by atoms with E-state index in [1.807, 2.05) is 31.7 Å². The Labute approximate surface area is 305 Å². The number of nitrogen functional groups attached to an aromatic ring is 1. The minimum Gasteiger partial charge on any atom is -0.472 e. The first-order chi connectivity index (χ1) is 25.6. The molecule has 14 heteroatoms. The largest absolute Gasteiger partial charge is 0.472 e. The number of benzene rings is 2. The SMILES string of the molecule is CCc1c(F)ccc2cc(OCOC)cc(-c3nc4c5c(nc(OC[C@@]67CCCN6C[C@H](F)C7)nc5c3F)N(C(C)c3cccnc3N)C[C@H](C)O4)c12. The Morgan fingerprint density at radius 1 is 1.09 bits per heavy atom. The Kier molecular flexibility index (Phi) is 9.13. The van der Waals surface area contributed by atoms with E-state index in [0.29, 0.717) is 65.2 Å². The van der Waals surface area contributed by atoms with E-state index in [-0.39, 0.29) is 47.9 Å². The number of hydrogen-bond donors (Lipinski definition) is 1. The average Bonchev–Trinajstić information content (AvgIpc) is 3.63. The molecule has 2 saturated heterocycles. The summed E-state index contributed by atoms with van der Waals surface area (Å²) in [5, 5.41) is 1.38. The molecule has 53 heavy (non-hydrogen) atoms. The van der Waals surface area contributed by atoms with Crippen molar-refractivity contribution in [1.29, 1.82) is 0 Å². The molecule has 2 N–H and O–H groups in total. The maximum absolute atomic E-state index is 17.5. The normalized spacial score (nSPS) is 21.8. The van der Waals surface area contributed by atoms with Gasteiger partial charge in [0, 0.05) is 37.4 Å². The van der Waals surface area contributed by atoms with Gasteiger partial charge < -0.3 is 29.6 Å². The summed E-state index contributed by atoms with van der Waals surface area (Å²) in [4.78, 5) is 22.8. The summed E-state index contributed by atoms with van der Waals surface area (Å²) in [5.41, 5.74) is 7.13. The van der Waals surface area contributed by atoms with Crippen molar-refractivity contribution >= 4 is 33.3 Å². The van der Waals surface area contributed by atoms with Crippen molar-refractivity contribution in [1.82, 2.24) is 24.8 Å². The van der Waals surface area contributed by atoms with Crippen molar-refractivity contribution in [2.45, 2.75) is 70.3 Å². The van der Waals surface area contributed by atoms with E-state index in [1.165, 1.54) is 13.2 Å². The number of nitrogens with two attached hydrogens (primary N) is 1. The topological polar surface area (TPSA) is 121 Å². The quantitative estimate of drug-likeness (QED) is 0.150. The van der Waals surface area contributed by atoms with E-state index < -0.39 is 29.4 Å². The lowest BCUT2D eigenvalue weighted by atomic mass is 9.94. The molecule has 3 aliphatic rings. The van der Waals surface area contributed by atoms with Crippen molar-refractivity contribution in [2.24, 2.45) is 0 Å². The first-order valence-electron chi connectivity index (χ1n) is 18.0. The average molecular weight is 730 g/mol. The van der Waals surface area contributed by atoms with Crippen LogP contribution in [0.2, 0.25) is 0 Å². The molecular weight excluding hydrogens is 687 g/mol. The van der Waals surface area contributed by atoms with Crippen LogP contribution in [0, 0.1) is 11.6 Å². The highest BCUT2D eigenvalue weighted by molar-refractivity contribution is 6.03. The van der Waals surface area contributed by atoms with Gasteiger partial charge in [-0.3, -0.25) is 4.90 Å². The van der Waals surface area contributed by atoms with Gasteiger partial charge in [-0.25, -0.2) is 23.1 Å². The Morgan fingerprint density at radius 3 is 2.74 bits per heavy atom. The zero-order valence-corrected chi connectivity index (χ0v) is 30.2. The number of ether oxygens (including phenoxy) is 4. The molecule has 6 heterocycles. The summed E-state index contributed by atoms with van der Waals surface area (Å²) in [5.74, 6) is -0.000768. The number of pyridine rings is 2. The zero-order valence-electron chi connectivity index (χ0n) is 30.2. The van der Waals surface area contributed by atoms with Crippen LogP contribution < -0.4 is 24.8 Å². The van der Waals surface area contributed by atoms with Crippen molar-refractivity contribution < 1.29 is 32.1 Å². The van der Waals surface area contributed by atoms with E-state index in [2.05, 4.69) is 14.9 Å². The minimum atomic E-state index is -0.953. The molecule has 8 rings (SSSR count). The van der Waals surface area contributed by atoms with Crippen LogP contribution in [0.3, 0.4) is 0 Å². The molecule has 3 aliphatic heterocycles. The third kappa shape index (κ3) is 6.11. The highest BCUT2D eigenvalue weighted by Crippen LogP contribution is 2.46. The molecule has 0 saturated carbocycles. The molecule has 3 aromatic heterocycles. The van der Waals surface area contributed by atoms with E-state index in [9.17, 15) is 4.39 Å². The first-order valence-corrected chi connectivity index (χ1v) is 18.0. The smallest absolute Gasteiger partial charge is 0.319 e. The number of nitrogens with zero attached hydrogens (tertiary/aromatic N) is 6. The third-order valence-electron chi connectivity index (χ3n) is 10.9. The van der Waals surface area contributed by atoms with Gasteiger partial charge >= 0.3 is 6.01 Å². The van der Waals surface area contributed by atoms with Crippen molar-refractivity contribution in [3.63, 3.8) is 0 Å². The predicted molar refractivity (Wildman–Crippen MR) is 195 cm³/mol. The number of methoxy groups -OCH3 is 1. The Bertz CT molecular complexity index is 2210. The molecule has 0 aliphatic carbocycles. The number of anilines is 2. The monoisotopic (exact) mass is 729 g/mol. The lowest BCUT2D eigenvalue weighted by Crippen LogP contribution is -2.43. The van der Waals surface area contributed by atoms with Gasteiger partial charge in [0.25, 0.3) is 0 Å². The number of rotatable bonds is 10. The highest BCUT2D eigenvalue weighted by atomic mass is 19.1. The van der Waals surface area contributed by atoms with Crippen LogP contribution in [0.1, 0.15) is 57.2 Å². The highest BCUT2D eigenvalue weighted by Gasteiger charge is 2.49. The van der Waals surface area contributed by atoms with E-state index >= 15 is 8.78 Å². The summed E-state index contributed by atoms with van der Waals surface area (Å²) >= 11 is 0. The van der Waals surface area contributed by atoms with Gasteiger partial charge in [0.15, 0.2) is 12.6 Å². The van der Waals surface area contributed by atoms with Crippen LogP contribution in [0.4, 0.5) is 24.8 Å². The molecule has 0 amide bonds. The van der Waals surface area contributed by atoms with Gasteiger partial charge in [-0.05, 0) is 80.3 Å².